The summed E-state index contributed by atoms with van der Waals surface area (Å²) in [6, 6.07) is 5.65. The van der Waals surface area contributed by atoms with Gasteiger partial charge >= 0.3 is 0 Å². The molecule has 0 aromatic heterocycles. The Kier molecular flexibility index (Phi) is 11.2. The minimum Gasteiger partial charge on any atom is -0.324 e. The number of carbonyl (C=O) groups is 1. The number of benzene rings is 1. The van der Waals surface area contributed by atoms with Gasteiger partial charge < -0.3 is 10.2 Å². The van der Waals surface area contributed by atoms with Crippen LogP contribution in [0.25, 0.3) is 0 Å². The molecular weight excluding hydrogens is 340 g/mol. The highest BCUT2D eigenvalue weighted by Crippen LogP contribution is 2.25. The molecule has 0 radical (unpaired) electrons. The first-order valence-corrected chi connectivity index (χ1v) is 10.5. The number of hydrogen-bond donors (Lipinski definition) is 1. The molecule has 1 aromatic rings. The lowest BCUT2D eigenvalue weighted by Gasteiger charge is -2.21. The molecule has 0 aliphatic carbocycles. The van der Waals surface area contributed by atoms with Gasteiger partial charge in [0.1, 0.15) is 0 Å². The Labute approximate surface area is 156 Å². The Bertz CT molecular complexity index is 468. The van der Waals surface area contributed by atoms with Gasteiger partial charge in [0.15, 0.2) is 0 Å². The average molecular weight is 371 g/mol. The molecule has 0 heterocycles. The zero-order chi connectivity index (χ0) is 17.8. The van der Waals surface area contributed by atoms with Gasteiger partial charge in [-0.3, -0.25) is 4.79 Å². The Morgan fingerprint density at radius 1 is 1.17 bits per heavy atom. The number of rotatable bonds is 12. The quantitative estimate of drug-likeness (QED) is 0.512. The van der Waals surface area contributed by atoms with Crippen LogP contribution in [0.2, 0.25) is 5.02 Å². The van der Waals surface area contributed by atoms with Crippen molar-refractivity contribution in [1.82, 2.24) is 4.90 Å². The van der Waals surface area contributed by atoms with Gasteiger partial charge in [0.25, 0.3) is 0 Å². The van der Waals surface area contributed by atoms with Crippen LogP contribution in [-0.2, 0) is 4.79 Å². The fourth-order valence-electron chi connectivity index (χ4n) is 2.42. The Morgan fingerprint density at radius 3 is 2.42 bits per heavy atom. The van der Waals surface area contributed by atoms with Crippen LogP contribution in [-0.4, -0.2) is 41.9 Å². The predicted molar refractivity (Wildman–Crippen MR) is 108 cm³/mol. The van der Waals surface area contributed by atoms with Gasteiger partial charge in [-0.15, -0.1) is 0 Å². The second kappa shape index (κ2) is 12.6. The van der Waals surface area contributed by atoms with Crippen LogP contribution in [0.4, 0.5) is 5.69 Å². The van der Waals surface area contributed by atoms with Crippen molar-refractivity contribution in [3.05, 3.63) is 28.8 Å². The summed E-state index contributed by atoms with van der Waals surface area (Å²) in [4.78, 5) is 14.6. The highest BCUT2D eigenvalue weighted by molar-refractivity contribution is 7.99. The van der Waals surface area contributed by atoms with Gasteiger partial charge in [-0.2, -0.15) is 11.8 Å². The van der Waals surface area contributed by atoms with Gasteiger partial charge in [-0.05, 0) is 44.5 Å². The number of thioether (sulfide) groups is 1. The molecule has 0 aliphatic heterocycles. The summed E-state index contributed by atoms with van der Waals surface area (Å²) >= 11 is 7.84. The molecule has 0 atom stereocenters. The zero-order valence-corrected chi connectivity index (χ0v) is 16.8. The molecule has 0 spiro atoms. The van der Waals surface area contributed by atoms with Crippen LogP contribution in [0.1, 0.15) is 45.1 Å². The van der Waals surface area contributed by atoms with Crippen LogP contribution >= 0.6 is 23.4 Å². The number of aryl methyl sites for hydroxylation is 1. The van der Waals surface area contributed by atoms with Gasteiger partial charge in [-0.25, -0.2) is 0 Å². The van der Waals surface area contributed by atoms with E-state index in [1.807, 2.05) is 19.1 Å². The summed E-state index contributed by atoms with van der Waals surface area (Å²) in [5.41, 5.74) is 1.73. The topological polar surface area (TPSA) is 32.3 Å². The van der Waals surface area contributed by atoms with E-state index in [1.54, 1.807) is 17.8 Å². The monoisotopic (exact) mass is 370 g/mol. The third-order valence-corrected chi connectivity index (χ3v) is 5.18. The molecule has 24 heavy (non-hydrogen) atoms. The van der Waals surface area contributed by atoms with Gasteiger partial charge in [0.2, 0.25) is 5.91 Å². The normalized spacial score (nSPS) is 11.0. The minimum absolute atomic E-state index is 0.0184. The molecular formula is C19H31ClN2OS. The fraction of sp³-hybridized carbons (Fsp3) is 0.632. The van der Waals surface area contributed by atoms with Crippen molar-refractivity contribution in [3.8, 4) is 0 Å². The molecule has 1 N–H and O–H groups in total. The maximum atomic E-state index is 12.1. The third-order valence-electron chi connectivity index (χ3n) is 3.93. The number of carbonyl (C=O) groups excluding carboxylic acids is 1. The Balaban J connectivity index is 2.31. The molecule has 5 heteroatoms. The number of anilines is 1. The van der Waals surface area contributed by atoms with Gasteiger partial charge in [0.05, 0.1) is 16.5 Å². The maximum absolute atomic E-state index is 12.1. The van der Waals surface area contributed by atoms with Crippen molar-refractivity contribution in [2.45, 2.75) is 46.5 Å². The second-order valence-electron chi connectivity index (χ2n) is 6.08. The van der Waals surface area contributed by atoms with Crippen molar-refractivity contribution in [1.29, 1.82) is 0 Å². The number of halogens is 1. The number of amides is 1. The third kappa shape index (κ3) is 8.41. The van der Waals surface area contributed by atoms with Crippen molar-refractivity contribution in [2.24, 2.45) is 0 Å². The first-order valence-electron chi connectivity index (χ1n) is 8.93. The molecule has 0 fully saturated rings. The van der Waals surface area contributed by atoms with Crippen molar-refractivity contribution < 1.29 is 4.79 Å². The highest BCUT2D eigenvalue weighted by atomic mass is 35.5. The van der Waals surface area contributed by atoms with Gasteiger partial charge in [-0.1, -0.05) is 50.4 Å². The molecule has 0 bridgehead atoms. The van der Waals surface area contributed by atoms with E-state index in [1.165, 1.54) is 38.8 Å². The van der Waals surface area contributed by atoms with Crippen LogP contribution in [0, 0.1) is 6.92 Å². The van der Waals surface area contributed by atoms with E-state index in [9.17, 15) is 4.79 Å². The summed E-state index contributed by atoms with van der Waals surface area (Å²) in [5.74, 6) is 1.48. The van der Waals surface area contributed by atoms with Crippen molar-refractivity contribution >= 4 is 35.0 Å². The summed E-state index contributed by atoms with van der Waals surface area (Å²) < 4.78 is 0. The minimum atomic E-state index is 0.0184. The zero-order valence-electron chi connectivity index (χ0n) is 15.2. The molecule has 0 aliphatic rings. The smallest absolute Gasteiger partial charge is 0.234 e. The summed E-state index contributed by atoms with van der Waals surface area (Å²) in [7, 11) is 0. The number of unbranched alkanes of at least 4 members (excludes halogenated alkanes) is 2. The molecule has 0 saturated heterocycles. The number of nitrogens with zero attached hydrogens (tertiary/aromatic N) is 1. The number of hydrogen-bond acceptors (Lipinski definition) is 3. The largest absolute Gasteiger partial charge is 0.324 e. The van der Waals surface area contributed by atoms with Crippen LogP contribution < -0.4 is 5.32 Å². The Hall–Kier alpha value is -0.710. The average Bonchev–Trinajstić information content (AvgIpc) is 2.56. The van der Waals surface area contributed by atoms with Crippen molar-refractivity contribution in [3.63, 3.8) is 0 Å². The highest BCUT2D eigenvalue weighted by Gasteiger charge is 2.09. The van der Waals surface area contributed by atoms with Crippen LogP contribution in [0.3, 0.4) is 0 Å². The summed E-state index contributed by atoms with van der Waals surface area (Å²) in [6.07, 6.45) is 4.96. The molecule has 3 nitrogen and oxygen atoms in total. The standard InChI is InChI=1S/C19H31ClN2OS/c1-4-6-11-22(12-7-5-2)13-14-24-15-18(23)21-19-16(3)9-8-10-17(19)20/h8-10H,4-7,11-15H2,1-3H3,(H,21,23). The van der Waals surface area contributed by atoms with Crippen LogP contribution in [0.5, 0.6) is 0 Å². The number of nitrogens with one attached hydrogen (secondary N) is 1. The Morgan fingerprint density at radius 2 is 1.83 bits per heavy atom. The molecule has 136 valence electrons. The summed E-state index contributed by atoms with van der Waals surface area (Å²) in [6.45, 7) is 9.81. The lowest BCUT2D eigenvalue weighted by Crippen LogP contribution is -2.28. The van der Waals surface area contributed by atoms with E-state index in [2.05, 4.69) is 24.1 Å². The first kappa shape index (κ1) is 21.3. The van der Waals surface area contributed by atoms with Crippen molar-refractivity contribution in [2.75, 3.05) is 36.5 Å². The van der Waals surface area contributed by atoms with E-state index in [-0.39, 0.29) is 5.91 Å². The van der Waals surface area contributed by atoms with Gasteiger partial charge in [0, 0.05) is 12.3 Å². The second-order valence-corrected chi connectivity index (χ2v) is 7.59. The molecule has 1 aromatic carbocycles. The molecule has 1 amide bonds. The molecule has 1 rings (SSSR count). The fourth-order valence-corrected chi connectivity index (χ4v) is 3.48. The maximum Gasteiger partial charge on any atom is 0.234 e. The first-order chi connectivity index (χ1) is 11.6. The SMILES string of the molecule is CCCCN(CCCC)CCSCC(=O)Nc1c(C)cccc1Cl. The van der Waals surface area contributed by atoms with E-state index < -0.39 is 0 Å². The van der Waals surface area contributed by atoms with Crippen LogP contribution in [0.15, 0.2) is 18.2 Å². The predicted octanol–water partition coefficient (Wildman–Crippen LogP) is 5.22. The molecule has 0 unspecified atom stereocenters. The lowest BCUT2D eigenvalue weighted by molar-refractivity contribution is -0.113. The summed E-state index contributed by atoms with van der Waals surface area (Å²) in [5, 5.41) is 3.53. The van der Waals surface area contributed by atoms with E-state index in [4.69, 9.17) is 11.6 Å². The number of para-hydroxylation sites is 1. The van der Waals surface area contributed by atoms with E-state index in [0.717, 1.165) is 23.5 Å². The van der Waals surface area contributed by atoms with E-state index >= 15 is 0 Å². The lowest BCUT2D eigenvalue weighted by atomic mass is 10.2. The van der Waals surface area contributed by atoms with E-state index in [0.29, 0.717) is 10.8 Å². The molecule has 0 saturated carbocycles.